The van der Waals surface area contributed by atoms with Gasteiger partial charge in [-0.05, 0) is 68.5 Å². The number of rotatable bonds is 3. The van der Waals surface area contributed by atoms with E-state index in [9.17, 15) is 10.2 Å². The van der Waals surface area contributed by atoms with Gasteiger partial charge in [-0.25, -0.2) is 0 Å². The summed E-state index contributed by atoms with van der Waals surface area (Å²) < 4.78 is 6.87. The molecule has 4 heteroatoms. The van der Waals surface area contributed by atoms with Crippen molar-refractivity contribution in [3.05, 3.63) is 35.9 Å². The highest BCUT2D eigenvalue weighted by molar-refractivity contribution is 5.63. The fourth-order valence-electron chi connectivity index (χ4n) is 9.24. The van der Waals surface area contributed by atoms with E-state index < -0.39 is 5.60 Å². The van der Waals surface area contributed by atoms with Gasteiger partial charge < -0.3 is 14.9 Å². The summed E-state index contributed by atoms with van der Waals surface area (Å²) in [6.07, 6.45) is 7.38. The maximum atomic E-state index is 12.1. The van der Waals surface area contributed by atoms with Gasteiger partial charge >= 0.3 is 0 Å². The molecule has 6 aliphatic rings. The lowest BCUT2D eigenvalue weighted by atomic mass is 9.31. The van der Waals surface area contributed by atoms with Gasteiger partial charge in [-0.2, -0.15) is 0 Å². The molecule has 2 spiro atoms. The predicted molar refractivity (Wildman–Crippen MR) is 126 cm³/mol. The van der Waals surface area contributed by atoms with Crippen LogP contribution in [0, 0.1) is 22.2 Å². The first-order valence-corrected chi connectivity index (χ1v) is 12.5. The summed E-state index contributed by atoms with van der Waals surface area (Å²) in [5.41, 5.74) is 1.50. The van der Waals surface area contributed by atoms with Crippen molar-refractivity contribution in [2.45, 2.75) is 89.9 Å². The molecule has 3 saturated carbocycles. The largest absolute Gasteiger partial charge is 0.504 e. The molecular weight excluding hydrogens is 398 g/mol. The van der Waals surface area contributed by atoms with Crippen molar-refractivity contribution >= 4 is 0 Å². The maximum absolute atomic E-state index is 12.1. The van der Waals surface area contributed by atoms with Crippen molar-refractivity contribution in [3.63, 3.8) is 0 Å². The van der Waals surface area contributed by atoms with E-state index in [1.807, 2.05) is 12.1 Å². The van der Waals surface area contributed by atoms with Crippen LogP contribution in [-0.4, -0.2) is 45.9 Å². The molecule has 174 valence electrons. The highest BCUT2D eigenvalue weighted by Gasteiger charge is 2.80. The Hall–Kier alpha value is -1.52. The Morgan fingerprint density at radius 2 is 1.97 bits per heavy atom. The minimum absolute atomic E-state index is 0.00653. The van der Waals surface area contributed by atoms with Gasteiger partial charge in [-0.15, -0.1) is 6.58 Å². The Balaban J connectivity index is 1.62. The van der Waals surface area contributed by atoms with Crippen molar-refractivity contribution in [1.29, 1.82) is 0 Å². The zero-order valence-corrected chi connectivity index (χ0v) is 20.4. The van der Waals surface area contributed by atoms with Crippen LogP contribution in [0.5, 0.6) is 11.5 Å². The van der Waals surface area contributed by atoms with E-state index >= 15 is 0 Å². The molecule has 2 N–H and O–H groups in total. The average molecular weight is 438 g/mol. The average Bonchev–Trinajstić information content (AvgIpc) is 3.08. The summed E-state index contributed by atoms with van der Waals surface area (Å²) in [5.74, 6) is 1.18. The van der Waals surface area contributed by atoms with Gasteiger partial charge in [-0.1, -0.05) is 39.8 Å². The summed E-state index contributed by atoms with van der Waals surface area (Å²) in [6.45, 7) is 17.0. The zero-order valence-electron chi connectivity index (χ0n) is 20.4. The van der Waals surface area contributed by atoms with Gasteiger partial charge in [0.25, 0.3) is 0 Å². The number of phenols is 1. The molecule has 0 radical (unpaired) electrons. The molecular formula is C28H39NO3. The molecule has 2 heterocycles. The van der Waals surface area contributed by atoms with Gasteiger partial charge in [0, 0.05) is 34.4 Å². The lowest BCUT2D eigenvalue weighted by Gasteiger charge is -2.75. The summed E-state index contributed by atoms with van der Waals surface area (Å²) >= 11 is 0. The minimum atomic E-state index is -0.811. The lowest BCUT2D eigenvalue weighted by Crippen LogP contribution is -2.80. The fraction of sp³-hybridized carbons (Fsp3) is 0.714. The van der Waals surface area contributed by atoms with Gasteiger partial charge in [0.05, 0.1) is 5.60 Å². The number of benzene rings is 1. The molecule has 2 aliphatic heterocycles. The molecule has 7 rings (SSSR count). The highest BCUT2D eigenvalue weighted by Crippen LogP contribution is 2.79. The number of aliphatic hydroxyl groups is 1. The van der Waals surface area contributed by atoms with Crippen LogP contribution in [0.3, 0.4) is 0 Å². The normalized spacial score (nSPS) is 43.4. The van der Waals surface area contributed by atoms with E-state index in [2.05, 4.69) is 52.2 Å². The zero-order chi connectivity index (χ0) is 22.9. The number of aromatic hydroxyl groups is 1. The number of piperidine rings is 1. The van der Waals surface area contributed by atoms with E-state index in [1.54, 1.807) is 0 Å². The highest BCUT2D eigenvalue weighted by atomic mass is 16.5. The first-order chi connectivity index (χ1) is 14.9. The lowest BCUT2D eigenvalue weighted by molar-refractivity contribution is -0.275. The minimum Gasteiger partial charge on any atom is -0.504 e. The topological polar surface area (TPSA) is 52.9 Å². The number of hydrogen-bond acceptors (Lipinski definition) is 4. The number of hydrogen-bond donors (Lipinski definition) is 2. The van der Waals surface area contributed by atoms with Crippen molar-refractivity contribution in [2.75, 3.05) is 13.1 Å². The van der Waals surface area contributed by atoms with E-state index in [-0.39, 0.29) is 39.4 Å². The van der Waals surface area contributed by atoms with Crippen LogP contribution >= 0.6 is 0 Å². The molecule has 4 aliphatic carbocycles. The van der Waals surface area contributed by atoms with Crippen molar-refractivity contribution < 1.29 is 14.9 Å². The Labute approximate surface area is 192 Å². The summed E-state index contributed by atoms with van der Waals surface area (Å²) in [7, 11) is 0. The van der Waals surface area contributed by atoms with Crippen molar-refractivity contribution in [1.82, 2.24) is 4.90 Å². The molecule has 1 unspecified atom stereocenters. The van der Waals surface area contributed by atoms with E-state index in [0.29, 0.717) is 6.04 Å². The third kappa shape index (κ3) is 2.05. The molecule has 4 bridgehead atoms. The standard InChI is InChI=1S/C28H39NO3/c1-7-13-29-14-12-28-21-17-8-9-18(30)22(21)32-23(28)25(5)10-11-27(28,20(29)15-17)16-19(25)26(6,31)24(2,3)4/h7-9,19-20,23,30-31H,1,10-16H2,2-6H3/t19-,20+,23-,25-,26-,27?,28-/m0/s1. The Bertz CT molecular complexity index is 1010. The molecule has 7 atom stereocenters. The molecule has 1 saturated heterocycles. The molecule has 0 aromatic heterocycles. The van der Waals surface area contributed by atoms with E-state index in [1.165, 1.54) is 17.5 Å². The van der Waals surface area contributed by atoms with Gasteiger partial charge in [-0.3, -0.25) is 4.90 Å². The van der Waals surface area contributed by atoms with Crippen LogP contribution in [-0.2, 0) is 11.8 Å². The number of phenolic OH excluding ortho intramolecular Hbond substituents is 1. The van der Waals surface area contributed by atoms with Crippen LogP contribution in [0.25, 0.3) is 0 Å². The molecule has 1 aromatic rings. The van der Waals surface area contributed by atoms with Crippen molar-refractivity contribution in [2.24, 2.45) is 22.2 Å². The number of ether oxygens (including phenoxy) is 1. The van der Waals surface area contributed by atoms with Crippen molar-refractivity contribution in [3.8, 4) is 11.5 Å². The van der Waals surface area contributed by atoms with Crippen LogP contribution in [0.2, 0.25) is 0 Å². The Kier molecular flexibility index (Phi) is 3.90. The fourth-order valence-corrected chi connectivity index (χ4v) is 9.24. The van der Waals surface area contributed by atoms with Crippen LogP contribution in [0.4, 0.5) is 0 Å². The van der Waals surface area contributed by atoms with E-state index in [0.717, 1.165) is 44.5 Å². The first-order valence-electron chi connectivity index (χ1n) is 12.5. The number of nitrogens with zero attached hydrogens (tertiary/aromatic N) is 1. The SMILES string of the molecule is C=CCN1CC[C@]23c4c5ccc(O)c4O[C@H]2[C@@]2(C)CCC3(C[C@@H]2[C@](C)(O)C(C)(C)C)[C@H]1C5. The Morgan fingerprint density at radius 3 is 2.66 bits per heavy atom. The van der Waals surface area contributed by atoms with Crippen LogP contribution in [0.1, 0.15) is 71.4 Å². The second kappa shape index (κ2) is 5.93. The molecule has 4 fully saturated rings. The summed E-state index contributed by atoms with van der Waals surface area (Å²) in [6, 6.07) is 4.40. The monoisotopic (exact) mass is 437 g/mol. The quantitative estimate of drug-likeness (QED) is 0.667. The smallest absolute Gasteiger partial charge is 0.165 e. The molecule has 0 amide bonds. The molecule has 1 aromatic carbocycles. The number of fused-ring (bicyclic) bond motifs is 2. The predicted octanol–water partition coefficient (Wildman–Crippen LogP) is 4.81. The molecule has 32 heavy (non-hydrogen) atoms. The third-order valence-electron chi connectivity index (χ3n) is 11.2. The van der Waals surface area contributed by atoms with Crippen LogP contribution < -0.4 is 4.74 Å². The third-order valence-corrected chi connectivity index (χ3v) is 11.2. The number of likely N-dealkylation sites (tertiary alicyclic amines) is 1. The Morgan fingerprint density at radius 1 is 1.22 bits per heavy atom. The second-order valence-corrected chi connectivity index (χ2v) is 13.0. The maximum Gasteiger partial charge on any atom is 0.165 e. The second-order valence-electron chi connectivity index (χ2n) is 13.0. The van der Waals surface area contributed by atoms with Gasteiger partial charge in [0.1, 0.15) is 6.10 Å². The summed E-state index contributed by atoms with van der Waals surface area (Å²) in [4.78, 5) is 2.65. The first kappa shape index (κ1) is 21.0. The van der Waals surface area contributed by atoms with E-state index in [4.69, 9.17) is 4.74 Å². The molecule has 4 nitrogen and oxygen atoms in total. The summed E-state index contributed by atoms with van der Waals surface area (Å²) in [5, 5.41) is 23.0. The van der Waals surface area contributed by atoms with Crippen LogP contribution in [0.15, 0.2) is 24.8 Å². The van der Waals surface area contributed by atoms with Gasteiger partial charge in [0.2, 0.25) is 0 Å². The van der Waals surface area contributed by atoms with Gasteiger partial charge in [0.15, 0.2) is 11.5 Å².